The molecular formula is C21H24N4O3S2. The number of pyridine rings is 1. The third kappa shape index (κ3) is 4.05. The summed E-state index contributed by atoms with van der Waals surface area (Å²) in [5, 5.41) is 1.75. The normalized spacial score (nSPS) is 15.5. The Labute approximate surface area is 180 Å². The number of nitrogens with one attached hydrogen (secondary N) is 1. The Morgan fingerprint density at radius 3 is 2.57 bits per heavy atom. The molecular weight excluding hydrogens is 420 g/mol. The van der Waals surface area contributed by atoms with E-state index < -0.39 is 10.0 Å². The number of piperidine rings is 1. The van der Waals surface area contributed by atoms with E-state index in [0.717, 1.165) is 17.2 Å². The molecule has 0 atom stereocenters. The van der Waals surface area contributed by atoms with Crippen molar-refractivity contribution in [3.63, 3.8) is 0 Å². The second-order valence-electron chi connectivity index (χ2n) is 7.43. The molecule has 7 nitrogen and oxygen atoms in total. The molecule has 9 heteroatoms. The average molecular weight is 445 g/mol. The summed E-state index contributed by atoms with van der Waals surface area (Å²) in [5.74, 6) is 0.762. The van der Waals surface area contributed by atoms with E-state index in [0.29, 0.717) is 35.7 Å². The summed E-state index contributed by atoms with van der Waals surface area (Å²) in [5.41, 5.74) is 2.47. The van der Waals surface area contributed by atoms with Gasteiger partial charge >= 0.3 is 0 Å². The molecule has 4 rings (SSSR count). The fraction of sp³-hybridized carbons (Fsp3) is 0.333. The van der Waals surface area contributed by atoms with Gasteiger partial charge in [-0.1, -0.05) is 12.1 Å². The number of amides is 1. The van der Waals surface area contributed by atoms with Gasteiger partial charge in [-0.25, -0.2) is 18.1 Å². The van der Waals surface area contributed by atoms with Crippen LogP contribution in [0.15, 0.2) is 52.2 Å². The van der Waals surface area contributed by atoms with E-state index in [1.165, 1.54) is 11.3 Å². The number of carbonyl (C=O) groups excluding carboxylic acids is 1. The lowest BCUT2D eigenvalue weighted by Gasteiger charge is -2.32. The van der Waals surface area contributed by atoms with Gasteiger partial charge in [-0.15, -0.1) is 11.3 Å². The van der Waals surface area contributed by atoms with Crippen molar-refractivity contribution in [3.8, 4) is 5.82 Å². The fourth-order valence-electron chi connectivity index (χ4n) is 3.88. The lowest BCUT2D eigenvalue weighted by Crippen LogP contribution is -2.46. The molecule has 1 aliphatic heterocycles. The van der Waals surface area contributed by atoms with Gasteiger partial charge in [0, 0.05) is 36.7 Å². The number of hydrogen-bond acceptors (Lipinski definition) is 5. The Balaban J connectivity index is 1.44. The number of aromatic nitrogens is 2. The highest BCUT2D eigenvalue weighted by Crippen LogP contribution is 2.23. The van der Waals surface area contributed by atoms with Crippen molar-refractivity contribution >= 4 is 27.3 Å². The van der Waals surface area contributed by atoms with Crippen LogP contribution in [-0.4, -0.2) is 47.9 Å². The van der Waals surface area contributed by atoms with E-state index in [2.05, 4.69) is 9.71 Å². The third-order valence-electron chi connectivity index (χ3n) is 5.40. The highest BCUT2D eigenvalue weighted by atomic mass is 32.2. The molecule has 1 aliphatic rings. The molecule has 0 aromatic carbocycles. The van der Waals surface area contributed by atoms with Gasteiger partial charge in [0.05, 0.1) is 5.56 Å². The number of thiophene rings is 1. The molecule has 1 N–H and O–H groups in total. The van der Waals surface area contributed by atoms with Crippen molar-refractivity contribution in [3.05, 3.63) is 64.9 Å². The maximum atomic E-state index is 13.2. The largest absolute Gasteiger partial charge is 0.338 e. The van der Waals surface area contributed by atoms with Gasteiger partial charge in [0.1, 0.15) is 10.0 Å². The molecule has 0 bridgehead atoms. The predicted molar refractivity (Wildman–Crippen MR) is 117 cm³/mol. The minimum atomic E-state index is -3.49. The molecule has 158 valence electrons. The zero-order chi connectivity index (χ0) is 21.3. The molecule has 0 unspecified atom stereocenters. The molecule has 3 aromatic heterocycles. The van der Waals surface area contributed by atoms with Gasteiger partial charge in [0.25, 0.3) is 5.91 Å². The third-order valence-corrected chi connectivity index (χ3v) is 8.32. The Morgan fingerprint density at radius 1 is 1.17 bits per heavy atom. The predicted octanol–water partition coefficient (Wildman–Crippen LogP) is 3.13. The van der Waals surface area contributed by atoms with Crippen molar-refractivity contribution in [2.45, 2.75) is 36.9 Å². The van der Waals surface area contributed by atoms with Crippen molar-refractivity contribution in [1.82, 2.24) is 19.2 Å². The van der Waals surface area contributed by atoms with Crippen LogP contribution in [0.25, 0.3) is 5.82 Å². The maximum absolute atomic E-state index is 13.2. The Kier molecular flexibility index (Phi) is 5.77. The number of hydrogen-bond donors (Lipinski definition) is 1. The molecule has 0 radical (unpaired) electrons. The van der Waals surface area contributed by atoms with Gasteiger partial charge in [-0.05, 0) is 56.3 Å². The average Bonchev–Trinajstić information content (AvgIpc) is 3.37. The summed E-state index contributed by atoms with van der Waals surface area (Å²) in [6.45, 7) is 4.92. The summed E-state index contributed by atoms with van der Waals surface area (Å²) < 4.78 is 29.9. The van der Waals surface area contributed by atoms with Crippen LogP contribution in [-0.2, 0) is 10.0 Å². The van der Waals surface area contributed by atoms with Gasteiger partial charge < -0.3 is 9.47 Å². The standard InChI is InChI=1S/C21H24N4O3S2/c1-15-14-18(16(2)25(15)19-6-3-4-10-22-19)21(26)24-11-8-17(9-12-24)23-30(27,28)20-7-5-13-29-20/h3-7,10,13-14,17,23H,8-9,11-12H2,1-2H3. The first-order valence-electron chi connectivity index (χ1n) is 9.82. The summed E-state index contributed by atoms with van der Waals surface area (Å²) >= 11 is 1.20. The van der Waals surface area contributed by atoms with Crippen LogP contribution in [0.1, 0.15) is 34.6 Å². The van der Waals surface area contributed by atoms with Gasteiger partial charge in [-0.3, -0.25) is 4.79 Å². The highest BCUT2D eigenvalue weighted by Gasteiger charge is 2.29. The molecule has 0 spiro atoms. The maximum Gasteiger partial charge on any atom is 0.255 e. The van der Waals surface area contributed by atoms with Crippen LogP contribution in [0.2, 0.25) is 0 Å². The molecule has 0 aliphatic carbocycles. The lowest BCUT2D eigenvalue weighted by molar-refractivity contribution is 0.0710. The van der Waals surface area contributed by atoms with E-state index >= 15 is 0 Å². The van der Waals surface area contributed by atoms with Crippen LogP contribution < -0.4 is 4.72 Å². The Hall–Kier alpha value is -2.49. The smallest absolute Gasteiger partial charge is 0.255 e. The summed E-state index contributed by atoms with van der Waals surface area (Å²) in [7, 11) is -3.49. The second-order valence-corrected chi connectivity index (χ2v) is 10.3. The molecule has 30 heavy (non-hydrogen) atoms. The van der Waals surface area contributed by atoms with Gasteiger partial charge in [0.15, 0.2) is 0 Å². The Morgan fingerprint density at radius 2 is 1.93 bits per heavy atom. The van der Waals surface area contributed by atoms with E-state index in [1.54, 1.807) is 28.6 Å². The fourth-order valence-corrected chi connectivity index (χ4v) is 6.20. The number of carbonyl (C=O) groups is 1. The number of nitrogens with zero attached hydrogens (tertiary/aromatic N) is 3. The molecule has 0 saturated carbocycles. The van der Waals surface area contributed by atoms with Crippen molar-refractivity contribution < 1.29 is 13.2 Å². The second kappa shape index (κ2) is 8.33. The minimum Gasteiger partial charge on any atom is -0.338 e. The first kappa shape index (κ1) is 20.8. The zero-order valence-electron chi connectivity index (χ0n) is 16.9. The SMILES string of the molecule is Cc1cc(C(=O)N2CCC(NS(=O)(=O)c3cccs3)CC2)c(C)n1-c1ccccn1. The lowest BCUT2D eigenvalue weighted by atomic mass is 10.0. The van der Waals surface area contributed by atoms with Gasteiger partial charge in [-0.2, -0.15) is 0 Å². The Bertz CT molecular complexity index is 1130. The van der Waals surface area contributed by atoms with E-state index in [1.807, 2.05) is 42.7 Å². The van der Waals surface area contributed by atoms with Crippen LogP contribution in [0.3, 0.4) is 0 Å². The number of rotatable bonds is 5. The first-order valence-corrected chi connectivity index (χ1v) is 12.2. The van der Waals surface area contributed by atoms with E-state index in [4.69, 9.17) is 0 Å². The van der Waals surface area contributed by atoms with E-state index in [9.17, 15) is 13.2 Å². The van der Waals surface area contributed by atoms with Crippen LogP contribution in [0.5, 0.6) is 0 Å². The summed E-state index contributed by atoms with van der Waals surface area (Å²) in [6.07, 6.45) is 2.92. The highest BCUT2D eigenvalue weighted by molar-refractivity contribution is 7.91. The topological polar surface area (TPSA) is 84.3 Å². The summed E-state index contributed by atoms with van der Waals surface area (Å²) in [6, 6.07) is 10.8. The van der Waals surface area contributed by atoms with Crippen LogP contribution >= 0.6 is 11.3 Å². The molecule has 3 aromatic rings. The van der Waals surface area contributed by atoms with Gasteiger partial charge in [0.2, 0.25) is 10.0 Å². The monoisotopic (exact) mass is 444 g/mol. The van der Waals surface area contributed by atoms with Crippen LogP contribution in [0, 0.1) is 13.8 Å². The van der Waals surface area contributed by atoms with Crippen molar-refractivity contribution in [1.29, 1.82) is 0 Å². The molecule has 4 heterocycles. The minimum absolute atomic E-state index is 0.0233. The number of sulfonamides is 1. The quantitative estimate of drug-likeness (QED) is 0.655. The first-order chi connectivity index (χ1) is 14.4. The van der Waals surface area contributed by atoms with E-state index in [-0.39, 0.29) is 11.9 Å². The molecule has 1 amide bonds. The number of aryl methyl sites for hydroxylation is 1. The van der Waals surface area contributed by atoms with Crippen LogP contribution in [0.4, 0.5) is 0 Å². The van der Waals surface area contributed by atoms with Crippen molar-refractivity contribution in [2.75, 3.05) is 13.1 Å². The van der Waals surface area contributed by atoms with Crippen molar-refractivity contribution in [2.24, 2.45) is 0 Å². The molecule has 1 saturated heterocycles. The molecule has 1 fully saturated rings. The number of likely N-dealkylation sites (tertiary alicyclic amines) is 1. The zero-order valence-corrected chi connectivity index (χ0v) is 18.5. The summed E-state index contributed by atoms with van der Waals surface area (Å²) in [4.78, 5) is 19.4.